The van der Waals surface area contributed by atoms with Crippen molar-refractivity contribution in [2.24, 2.45) is 0 Å². The Morgan fingerprint density at radius 2 is 1.00 bits per heavy atom. The molecule has 2 heteroatoms. The maximum atomic E-state index is 10.5. The molecule has 0 amide bonds. The van der Waals surface area contributed by atoms with E-state index in [4.69, 9.17) is 0 Å². The first-order valence-electron chi connectivity index (χ1n) is 7.57. The maximum Gasteiger partial charge on any atom is 0.246 e. The number of benzene rings is 3. The molecule has 104 valence electrons. The van der Waals surface area contributed by atoms with Gasteiger partial charge in [0.1, 0.15) is 0 Å². The molecule has 2 radical (unpaired) electrons. The van der Waals surface area contributed by atoms with Crippen molar-refractivity contribution in [3.63, 3.8) is 0 Å². The topological polar surface area (TPSA) is 20.2 Å². The highest BCUT2D eigenvalue weighted by atomic mass is 28.2. The summed E-state index contributed by atoms with van der Waals surface area (Å²) >= 11 is 0. The summed E-state index contributed by atoms with van der Waals surface area (Å²) in [5, 5.41) is -0.390. The number of hydrogen-bond acceptors (Lipinski definition) is 1. The molecule has 1 N–H and O–H groups in total. The van der Waals surface area contributed by atoms with E-state index in [9.17, 15) is 4.80 Å². The standard InChI is InChI=1S/C20H14OSi/c21-22-20-16-10-4-1-7-13(16)19(14-8-2-5-11-17(14)20)15-9-3-6-12-18(15)20/h1-12,19,21H. The summed E-state index contributed by atoms with van der Waals surface area (Å²) in [5.41, 5.74) is 7.87. The van der Waals surface area contributed by atoms with Gasteiger partial charge in [-0.25, -0.2) is 0 Å². The predicted octanol–water partition coefficient (Wildman–Crippen LogP) is 3.40. The van der Waals surface area contributed by atoms with Crippen LogP contribution in [0.1, 0.15) is 39.3 Å². The van der Waals surface area contributed by atoms with Crippen LogP contribution in [-0.2, 0) is 5.04 Å². The highest BCUT2D eigenvalue weighted by Crippen LogP contribution is 2.57. The van der Waals surface area contributed by atoms with Crippen LogP contribution in [0.4, 0.5) is 0 Å². The van der Waals surface area contributed by atoms with Gasteiger partial charge < -0.3 is 4.80 Å². The SMILES string of the molecule is O[Si]C12c3ccccc3C(c3ccccc31)c1ccccc12. The van der Waals surface area contributed by atoms with Gasteiger partial charge in [-0.3, -0.25) is 0 Å². The molecule has 2 bridgehead atoms. The Kier molecular flexibility index (Phi) is 2.36. The fourth-order valence-corrected chi connectivity index (χ4v) is 5.43. The van der Waals surface area contributed by atoms with E-state index in [1.54, 1.807) is 0 Å². The molecule has 3 aromatic carbocycles. The zero-order valence-electron chi connectivity index (χ0n) is 12.0. The summed E-state index contributed by atoms with van der Waals surface area (Å²) in [7, 11) is -0.184. The largest absolute Gasteiger partial charge is 0.430 e. The second-order valence-corrected chi connectivity index (χ2v) is 7.03. The average molecular weight is 298 g/mol. The Morgan fingerprint density at radius 3 is 1.36 bits per heavy atom. The van der Waals surface area contributed by atoms with Crippen LogP contribution in [0.2, 0.25) is 0 Å². The normalized spacial score (nSPS) is 23.6. The summed E-state index contributed by atoms with van der Waals surface area (Å²) < 4.78 is 0. The molecule has 0 saturated carbocycles. The fourth-order valence-electron chi connectivity index (χ4n) is 4.39. The van der Waals surface area contributed by atoms with Crippen molar-refractivity contribution in [3.8, 4) is 0 Å². The van der Waals surface area contributed by atoms with Gasteiger partial charge in [-0.05, 0) is 33.4 Å². The van der Waals surface area contributed by atoms with Crippen LogP contribution in [0.5, 0.6) is 0 Å². The van der Waals surface area contributed by atoms with Crippen LogP contribution in [0.25, 0.3) is 0 Å². The molecule has 0 fully saturated rings. The van der Waals surface area contributed by atoms with Gasteiger partial charge in [-0.1, -0.05) is 72.8 Å². The molecule has 3 aromatic rings. The van der Waals surface area contributed by atoms with Gasteiger partial charge in [0, 0.05) is 5.92 Å². The van der Waals surface area contributed by atoms with Gasteiger partial charge in [-0.2, -0.15) is 0 Å². The Hall–Kier alpha value is -2.16. The molecule has 0 saturated heterocycles. The summed E-state index contributed by atoms with van der Waals surface area (Å²) in [6.07, 6.45) is 0. The quantitative estimate of drug-likeness (QED) is 0.683. The second-order valence-electron chi connectivity index (χ2n) is 6.06. The minimum absolute atomic E-state index is 0.184. The minimum Gasteiger partial charge on any atom is -0.430 e. The number of hydrogen-bond donors (Lipinski definition) is 1. The first-order chi connectivity index (χ1) is 10.9. The first kappa shape index (κ1) is 12.4. The van der Waals surface area contributed by atoms with Gasteiger partial charge in [-0.15, -0.1) is 0 Å². The molecule has 0 spiro atoms. The Labute approximate surface area is 132 Å². The molecule has 3 aliphatic rings. The Bertz CT molecular complexity index is 784. The fraction of sp³-hybridized carbons (Fsp3) is 0.100. The smallest absolute Gasteiger partial charge is 0.246 e. The minimum atomic E-state index is -0.390. The van der Waals surface area contributed by atoms with E-state index in [1.807, 2.05) is 0 Å². The lowest BCUT2D eigenvalue weighted by Crippen LogP contribution is -2.46. The summed E-state index contributed by atoms with van der Waals surface area (Å²) in [6.45, 7) is 0. The molecule has 0 atom stereocenters. The molecular formula is C20H14OSi. The van der Waals surface area contributed by atoms with Crippen LogP contribution in [0.15, 0.2) is 72.8 Å². The monoisotopic (exact) mass is 298 g/mol. The van der Waals surface area contributed by atoms with Crippen molar-refractivity contribution >= 4 is 9.76 Å². The lowest BCUT2D eigenvalue weighted by atomic mass is 9.60. The molecule has 1 nitrogen and oxygen atoms in total. The van der Waals surface area contributed by atoms with Gasteiger partial charge in [0.05, 0.1) is 5.04 Å². The highest BCUT2D eigenvalue weighted by Gasteiger charge is 2.51. The molecule has 0 heterocycles. The molecule has 0 aliphatic heterocycles. The first-order valence-corrected chi connectivity index (χ1v) is 8.52. The van der Waals surface area contributed by atoms with Crippen molar-refractivity contribution in [1.29, 1.82) is 0 Å². The van der Waals surface area contributed by atoms with E-state index in [-0.39, 0.29) is 9.76 Å². The molecule has 6 rings (SSSR count). The Morgan fingerprint density at radius 1 is 0.636 bits per heavy atom. The van der Waals surface area contributed by atoms with Gasteiger partial charge in [0.25, 0.3) is 0 Å². The summed E-state index contributed by atoms with van der Waals surface area (Å²) in [4.78, 5) is 10.5. The van der Waals surface area contributed by atoms with Crippen molar-refractivity contribution in [3.05, 3.63) is 106 Å². The average Bonchev–Trinajstić information content (AvgIpc) is 2.61. The van der Waals surface area contributed by atoms with Crippen molar-refractivity contribution in [2.75, 3.05) is 0 Å². The molecule has 0 aromatic heterocycles. The van der Waals surface area contributed by atoms with Crippen molar-refractivity contribution < 1.29 is 4.80 Å². The molecule has 3 aliphatic carbocycles. The van der Waals surface area contributed by atoms with Crippen LogP contribution >= 0.6 is 0 Å². The third-order valence-electron chi connectivity index (χ3n) is 5.20. The van der Waals surface area contributed by atoms with Crippen molar-refractivity contribution in [2.45, 2.75) is 11.0 Å². The molecule has 22 heavy (non-hydrogen) atoms. The Balaban J connectivity index is 2.00. The van der Waals surface area contributed by atoms with Crippen molar-refractivity contribution in [1.82, 2.24) is 0 Å². The molecular weight excluding hydrogens is 284 g/mol. The van der Waals surface area contributed by atoms with Gasteiger partial charge >= 0.3 is 0 Å². The van der Waals surface area contributed by atoms with Crippen LogP contribution in [0, 0.1) is 0 Å². The maximum absolute atomic E-state index is 10.5. The predicted molar refractivity (Wildman–Crippen MR) is 88.1 cm³/mol. The summed E-state index contributed by atoms with van der Waals surface area (Å²) in [5.74, 6) is 0.293. The van der Waals surface area contributed by atoms with Gasteiger partial charge in [0.15, 0.2) is 0 Å². The zero-order valence-corrected chi connectivity index (χ0v) is 13.0. The van der Waals surface area contributed by atoms with Gasteiger partial charge in [0.2, 0.25) is 9.76 Å². The van der Waals surface area contributed by atoms with Crippen LogP contribution in [-0.4, -0.2) is 14.6 Å². The van der Waals surface area contributed by atoms with Crippen LogP contribution < -0.4 is 0 Å². The third kappa shape index (κ3) is 1.24. The zero-order chi connectivity index (χ0) is 14.7. The molecule has 0 unspecified atom stereocenters. The highest BCUT2D eigenvalue weighted by molar-refractivity contribution is 6.35. The van der Waals surface area contributed by atoms with Crippen LogP contribution in [0.3, 0.4) is 0 Å². The second kappa shape index (κ2) is 4.19. The lowest BCUT2D eigenvalue weighted by Gasteiger charge is -2.49. The van der Waals surface area contributed by atoms with E-state index in [2.05, 4.69) is 72.8 Å². The summed E-state index contributed by atoms with van der Waals surface area (Å²) in [6, 6.07) is 25.8. The lowest BCUT2D eigenvalue weighted by molar-refractivity contribution is 0.548. The third-order valence-corrected chi connectivity index (χ3v) is 6.34. The van der Waals surface area contributed by atoms with E-state index >= 15 is 0 Å². The van der Waals surface area contributed by atoms with E-state index < -0.39 is 5.04 Å². The van der Waals surface area contributed by atoms with E-state index in [0.717, 1.165) is 0 Å². The number of rotatable bonds is 1. The van der Waals surface area contributed by atoms with E-state index in [1.165, 1.54) is 33.4 Å². The van der Waals surface area contributed by atoms with E-state index in [0.29, 0.717) is 5.92 Å².